The molecule has 0 saturated heterocycles. The van der Waals surface area contributed by atoms with Crippen molar-refractivity contribution < 1.29 is 0 Å². The first-order valence-corrected chi connectivity index (χ1v) is 9.66. The van der Waals surface area contributed by atoms with Crippen molar-refractivity contribution in [1.29, 1.82) is 0 Å². The molecule has 0 amide bonds. The van der Waals surface area contributed by atoms with E-state index in [0.29, 0.717) is 0 Å². The van der Waals surface area contributed by atoms with Crippen molar-refractivity contribution in [3.8, 4) is 11.4 Å². The second kappa shape index (κ2) is 7.06. The van der Waals surface area contributed by atoms with E-state index in [1.54, 1.807) is 0 Å². The second-order valence-corrected chi connectivity index (χ2v) is 7.39. The monoisotopic (exact) mass is 366 g/mol. The topological polar surface area (TPSA) is 55.0 Å². The number of anilines is 1. The molecule has 4 aromatic rings. The van der Waals surface area contributed by atoms with Gasteiger partial charge in [0, 0.05) is 49.1 Å². The molecule has 0 atom stereocenters. The van der Waals surface area contributed by atoms with Crippen LogP contribution in [0.4, 0.5) is 5.69 Å². The summed E-state index contributed by atoms with van der Waals surface area (Å²) in [6, 6.07) is 22.9. The van der Waals surface area contributed by atoms with Crippen LogP contribution in [0.15, 0.2) is 72.9 Å². The van der Waals surface area contributed by atoms with Crippen LogP contribution in [0.1, 0.15) is 16.8 Å². The minimum absolute atomic E-state index is 0.755. The predicted octanol–water partition coefficient (Wildman–Crippen LogP) is 4.44. The summed E-state index contributed by atoms with van der Waals surface area (Å²) in [4.78, 5) is 11.9. The molecule has 5 rings (SSSR count). The first-order chi connectivity index (χ1) is 13.8. The molecule has 0 bridgehead atoms. The Bertz CT molecular complexity index is 1130. The molecule has 4 nitrogen and oxygen atoms in total. The average molecular weight is 366 g/mol. The molecule has 1 aliphatic rings. The van der Waals surface area contributed by atoms with Crippen molar-refractivity contribution >= 4 is 16.5 Å². The molecular formula is C24H22N4. The Morgan fingerprint density at radius 1 is 0.929 bits per heavy atom. The van der Waals surface area contributed by atoms with E-state index >= 15 is 0 Å². The van der Waals surface area contributed by atoms with Gasteiger partial charge in [-0.05, 0) is 40.6 Å². The number of nitrogen functional groups attached to an aromatic ring is 1. The SMILES string of the molecule is Nc1ccc(-c2ncc3c(n2)CCN(Cc2cccc4ccccc24)C3)cc1. The zero-order valence-corrected chi connectivity index (χ0v) is 15.7. The van der Waals surface area contributed by atoms with Gasteiger partial charge in [0.25, 0.3) is 0 Å². The third kappa shape index (κ3) is 3.23. The van der Waals surface area contributed by atoms with E-state index in [0.717, 1.165) is 48.8 Å². The van der Waals surface area contributed by atoms with Gasteiger partial charge in [-0.15, -0.1) is 0 Å². The van der Waals surface area contributed by atoms with Gasteiger partial charge in [-0.25, -0.2) is 9.97 Å². The summed E-state index contributed by atoms with van der Waals surface area (Å²) in [6.45, 7) is 2.84. The van der Waals surface area contributed by atoms with E-state index < -0.39 is 0 Å². The lowest BCUT2D eigenvalue weighted by atomic mass is 10.0. The molecule has 28 heavy (non-hydrogen) atoms. The number of aromatic nitrogens is 2. The second-order valence-electron chi connectivity index (χ2n) is 7.39. The average Bonchev–Trinajstić information content (AvgIpc) is 2.74. The van der Waals surface area contributed by atoms with E-state index in [4.69, 9.17) is 10.7 Å². The standard InChI is InChI=1S/C24H22N4/c25-21-10-8-18(9-11-21)24-26-14-20-16-28(13-12-23(20)27-24)15-19-6-3-5-17-4-1-2-7-22(17)19/h1-11,14H,12-13,15-16,25H2. The number of fused-ring (bicyclic) bond motifs is 2. The predicted molar refractivity (Wildman–Crippen MR) is 114 cm³/mol. The lowest BCUT2D eigenvalue weighted by Crippen LogP contribution is -2.31. The maximum Gasteiger partial charge on any atom is 0.159 e. The molecule has 0 radical (unpaired) electrons. The third-order valence-electron chi connectivity index (χ3n) is 5.46. The summed E-state index contributed by atoms with van der Waals surface area (Å²) < 4.78 is 0. The molecular weight excluding hydrogens is 344 g/mol. The Labute approximate surface area is 164 Å². The Morgan fingerprint density at radius 2 is 1.75 bits per heavy atom. The largest absolute Gasteiger partial charge is 0.399 e. The van der Waals surface area contributed by atoms with Crippen molar-refractivity contribution in [2.45, 2.75) is 19.5 Å². The summed E-state index contributed by atoms with van der Waals surface area (Å²) in [5, 5.41) is 2.64. The van der Waals surface area contributed by atoms with Crippen molar-refractivity contribution in [2.24, 2.45) is 0 Å². The Morgan fingerprint density at radius 3 is 2.64 bits per heavy atom. The van der Waals surface area contributed by atoms with Crippen LogP contribution in [-0.4, -0.2) is 21.4 Å². The van der Waals surface area contributed by atoms with Gasteiger partial charge in [0.2, 0.25) is 0 Å². The van der Waals surface area contributed by atoms with Crippen molar-refractivity contribution in [3.63, 3.8) is 0 Å². The molecule has 2 N–H and O–H groups in total. The Hall–Kier alpha value is -3.24. The van der Waals surface area contributed by atoms with Gasteiger partial charge >= 0.3 is 0 Å². The van der Waals surface area contributed by atoms with Gasteiger partial charge < -0.3 is 5.73 Å². The summed E-state index contributed by atoms with van der Waals surface area (Å²) in [6.07, 6.45) is 2.94. The number of hydrogen-bond donors (Lipinski definition) is 1. The molecule has 0 fully saturated rings. The van der Waals surface area contributed by atoms with Gasteiger partial charge in [-0.3, -0.25) is 4.90 Å². The van der Waals surface area contributed by atoms with E-state index in [1.807, 2.05) is 30.5 Å². The van der Waals surface area contributed by atoms with Crippen LogP contribution >= 0.6 is 0 Å². The van der Waals surface area contributed by atoms with Crippen LogP contribution in [0.25, 0.3) is 22.2 Å². The van der Waals surface area contributed by atoms with Crippen LogP contribution in [0, 0.1) is 0 Å². The molecule has 0 aliphatic carbocycles. The summed E-state index contributed by atoms with van der Waals surface area (Å²) in [5.74, 6) is 0.779. The van der Waals surface area contributed by atoms with Gasteiger partial charge in [0.1, 0.15) is 0 Å². The highest BCUT2D eigenvalue weighted by molar-refractivity contribution is 5.85. The molecule has 1 aliphatic heterocycles. The van der Waals surface area contributed by atoms with Gasteiger partial charge in [0.05, 0.1) is 5.69 Å². The van der Waals surface area contributed by atoms with Crippen LogP contribution in [0.2, 0.25) is 0 Å². The van der Waals surface area contributed by atoms with E-state index in [-0.39, 0.29) is 0 Å². The summed E-state index contributed by atoms with van der Waals surface area (Å²) in [7, 11) is 0. The summed E-state index contributed by atoms with van der Waals surface area (Å²) in [5.41, 5.74) is 11.3. The molecule has 2 heterocycles. The van der Waals surface area contributed by atoms with Gasteiger partial charge in [-0.2, -0.15) is 0 Å². The molecule has 0 saturated carbocycles. The fourth-order valence-electron chi connectivity index (χ4n) is 3.95. The Kier molecular flexibility index (Phi) is 4.26. The number of nitrogens with two attached hydrogens (primary N) is 1. The third-order valence-corrected chi connectivity index (χ3v) is 5.46. The number of nitrogens with zero attached hydrogens (tertiary/aromatic N) is 3. The normalized spacial score (nSPS) is 14.1. The highest BCUT2D eigenvalue weighted by Gasteiger charge is 2.19. The van der Waals surface area contributed by atoms with E-state index in [2.05, 4.69) is 52.3 Å². The molecule has 4 heteroatoms. The van der Waals surface area contributed by atoms with E-state index in [9.17, 15) is 0 Å². The lowest BCUT2D eigenvalue weighted by molar-refractivity contribution is 0.244. The van der Waals surface area contributed by atoms with Crippen molar-refractivity contribution in [1.82, 2.24) is 14.9 Å². The first kappa shape index (κ1) is 16.9. The van der Waals surface area contributed by atoms with Crippen molar-refractivity contribution in [3.05, 3.63) is 89.7 Å². The fourth-order valence-corrected chi connectivity index (χ4v) is 3.95. The van der Waals surface area contributed by atoms with E-state index in [1.165, 1.54) is 21.9 Å². The molecule has 1 aromatic heterocycles. The number of hydrogen-bond acceptors (Lipinski definition) is 4. The van der Waals surface area contributed by atoms with Crippen LogP contribution in [-0.2, 0) is 19.5 Å². The maximum atomic E-state index is 5.78. The minimum Gasteiger partial charge on any atom is -0.399 e. The minimum atomic E-state index is 0.755. The molecule has 0 spiro atoms. The fraction of sp³-hybridized carbons (Fsp3) is 0.167. The first-order valence-electron chi connectivity index (χ1n) is 9.66. The van der Waals surface area contributed by atoms with Crippen molar-refractivity contribution in [2.75, 3.05) is 12.3 Å². The van der Waals surface area contributed by atoms with Crippen LogP contribution in [0.5, 0.6) is 0 Å². The highest BCUT2D eigenvalue weighted by atomic mass is 15.1. The van der Waals surface area contributed by atoms with Gasteiger partial charge in [0.15, 0.2) is 5.82 Å². The molecule has 0 unspecified atom stereocenters. The van der Waals surface area contributed by atoms with Crippen LogP contribution in [0.3, 0.4) is 0 Å². The summed E-state index contributed by atoms with van der Waals surface area (Å²) >= 11 is 0. The lowest BCUT2D eigenvalue weighted by Gasteiger charge is -2.28. The smallest absolute Gasteiger partial charge is 0.159 e. The Balaban J connectivity index is 1.37. The number of benzene rings is 3. The van der Waals surface area contributed by atoms with Crippen LogP contribution < -0.4 is 5.73 Å². The molecule has 3 aromatic carbocycles. The zero-order valence-electron chi connectivity index (χ0n) is 15.7. The maximum absolute atomic E-state index is 5.78. The zero-order chi connectivity index (χ0) is 18.9. The highest BCUT2D eigenvalue weighted by Crippen LogP contribution is 2.25. The quantitative estimate of drug-likeness (QED) is 0.545. The number of rotatable bonds is 3. The van der Waals surface area contributed by atoms with Gasteiger partial charge in [-0.1, -0.05) is 42.5 Å². The molecule has 138 valence electrons.